The summed E-state index contributed by atoms with van der Waals surface area (Å²) in [4.78, 5) is 29.7. The molecule has 0 aliphatic rings. The monoisotopic (exact) mass is 629 g/mol. The topological polar surface area (TPSA) is 86.8 Å². The van der Waals surface area contributed by atoms with E-state index in [9.17, 15) is 18.0 Å². The molecule has 1 N–H and O–H groups in total. The predicted octanol–water partition coefficient (Wildman–Crippen LogP) is 6.19. The Bertz CT molecular complexity index is 1720. The number of anilines is 1. The third-order valence-electron chi connectivity index (χ3n) is 7.80. The van der Waals surface area contributed by atoms with Crippen LogP contribution >= 0.6 is 0 Å². The number of rotatable bonds is 13. The summed E-state index contributed by atoms with van der Waals surface area (Å²) in [6, 6.07) is 27.3. The Morgan fingerprint density at radius 3 is 2.11 bits per heavy atom. The van der Waals surface area contributed by atoms with Crippen LogP contribution < -0.4 is 9.62 Å². The van der Waals surface area contributed by atoms with Crippen LogP contribution in [0.5, 0.6) is 0 Å². The van der Waals surface area contributed by atoms with Gasteiger partial charge in [0.15, 0.2) is 0 Å². The van der Waals surface area contributed by atoms with Crippen molar-refractivity contribution in [3.63, 3.8) is 0 Å². The van der Waals surface area contributed by atoms with Crippen LogP contribution in [0.1, 0.15) is 42.5 Å². The van der Waals surface area contributed by atoms with Crippen molar-refractivity contribution < 1.29 is 22.4 Å². The van der Waals surface area contributed by atoms with Crippen molar-refractivity contribution in [1.82, 2.24) is 10.2 Å². The van der Waals surface area contributed by atoms with Crippen molar-refractivity contribution in [3.8, 4) is 0 Å². The Kier molecular flexibility index (Phi) is 11.1. The number of sulfonamides is 1. The molecule has 2 amide bonds. The van der Waals surface area contributed by atoms with Gasteiger partial charge < -0.3 is 10.2 Å². The van der Waals surface area contributed by atoms with E-state index in [0.29, 0.717) is 17.7 Å². The van der Waals surface area contributed by atoms with E-state index in [1.165, 1.54) is 23.1 Å². The van der Waals surface area contributed by atoms with E-state index >= 15 is 4.39 Å². The Morgan fingerprint density at radius 2 is 1.49 bits per heavy atom. The minimum absolute atomic E-state index is 0.0220. The van der Waals surface area contributed by atoms with Crippen LogP contribution in [-0.4, -0.2) is 43.8 Å². The third kappa shape index (κ3) is 8.36. The summed E-state index contributed by atoms with van der Waals surface area (Å²) >= 11 is 0. The van der Waals surface area contributed by atoms with Gasteiger partial charge in [0.25, 0.3) is 10.0 Å². The van der Waals surface area contributed by atoms with E-state index in [1.807, 2.05) is 57.2 Å². The summed E-state index contributed by atoms with van der Waals surface area (Å²) in [7, 11) is -4.22. The van der Waals surface area contributed by atoms with E-state index in [2.05, 4.69) is 5.32 Å². The van der Waals surface area contributed by atoms with Gasteiger partial charge in [0, 0.05) is 24.6 Å². The molecule has 2 atom stereocenters. The van der Waals surface area contributed by atoms with Crippen LogP contribution in [0, 0.1) is 19.7 Å². The first-order chi connectivity index (χ1) is 21.5. The Hall–Kier alpha value is -4.50. The molecule has 0 aliphatic heterocycles. The van der Waals surface area contributed by atoms with Crippen molar-refractivity contribution >= 4 is 27.5 Å². The number of aryl methyl sites for hydroxylation is 2. The van der Waals surface area contributed by atoms with Crippen LogP contribution in [0.3, 0.4) is 0 Å². The van der Waals surface area contributed by atoms with Crippen LogP contribution in [0.4, 0.5) is 10.1 Å². The summed E-state index contributed by atoms with van der Waals surface area (Å²) < 4.78 is 44.4. The predicted molar refractivity (Wildman–Crippen MR) is 176 cm³/mol. The molecule has 0 spiro atoms. The average Bonchev–Trinajstić information content (AvgIpc) is 3.03. The lowest BCUT2D eigenvalue weighted by molar-refractivity contribution is -0.140. The second-order valence-corrected chi connectivity index (χ2v) is 13.1. The van der Waals surface area contributed by atoms with Crippen molar-refractivity contribution in [2.75, 3.05) is 10.8 Å². The van der Waals surface area contributed by atoms with Gasteiger partial charge in [-0.25, -0.2) is 12.8 Å². The lowest BCUT2D eigenvalue weighted by Gasteiger charge is -2.34. The van der Waals surface area contributed by atoms with E-state index < -0.39 is 40.2 Å². The van der Waals surface area contributed by atoms with Gasteiger partial charge in [-0.2, -0.15) is 0 Å². The number of nitrogens with one attached hydrogen (secondary N) is 1. The molecule has 9 heteroatoms. The second-order valence-electron chi connectivity index (χ2n) is 11.3. The maximum absolute atomic E-state index is 15.1. The van der Waals surface area contributed by atoms with Crippen molar-refractivity contribution in [2.24, 2.45) is 0 Å². The molecule has 45 heavy (non-hydrogen) atoms. The SMILES string of the molecule is CC[C@H](C)NC(=O)[C@H](Cc1ccccc1)N(Cc1ccccc1F)C(=O)CN(c1ccc(C)cc1C)S(=O)(=O)c1ccccc1. The largest absolute Gasteiger partial charge is 0.352 e. The number of amides is 2. The lowest BCUT2D eigenvalue weighted by atomic mass is 10.0. The zero-order valence-electron chi connectivity index (χ0n) is 26.1. The number of benzene rings is 4. The summed E-state index contributed by atoms with van der Waals surface area (Å²) in [5.41, 5.74) is 2.96. The van der Waals surface area contributed by atoms with E-state index in [4.69, 9.17) is 0 Å². The first kappa shape index (κ1) is 33.4. The normalized spacial score (nSPS) is 12.6. The molecule has 0 aliphatic carbocycles. The molecule has 0 heterocycles. The minimum Gasteiger partial charge on any atom is -0.352 e. The highest BCUT2D eigenvalue weighted by Gasteiger charge is 2.35. The number of halogens is 1. The Labute approximate surface area is 265 Å². The van der Waals surface area contributed by atoms with Gasteiger partial charge in [-0.3, -0.25) is 13.9 Å². The van der Waals surface area contributed by atoms with Crippen molar-refractivity contribution in [1.29, 1.82) is 0 Å². The summed E-state index contributed by atoms with van der Waals surface area (Å²) in [5.74, 6) is -1.57. The van der Waals surface area contributed by atoms with Gasteiger partial charge in [-0.05, 0) is 62.6 Å². The quantitative estimate of drug-likeness (QED) is 0.191. The molecule has 0 radical (unpaired) electrons. The molecule has 4 aromatic carbocycles. The highest BCUT2D eigenvalue weighted by molar-refractivity contribution is 7.92. The van der Waals surface area contributed by atoms with Crippen LogP contribution in [0.2, 0.25) is 0 Å². The molecular weight excluding hydrogens is 589 g/mol. The van der Waals surface area contributed by atoms with Gasteiger partial charge in [-0.1, -0.05) is 91.3 Å². The number of carbonyl (C=O) groups is 2. The van der Waals surface area contributed by atoms with Crippen LogP contribution in [-0.2, 0) is 32.6 Å². The first-order valence-electron chi connectivity index (χ1n) is 15.0. The average molecular weight is 630 g/mol. The van der Waals surface area contributed by atoms with Crippen molar-refractivity contribution in [3.05, 3.63) is 131 Å². The lowest BCUT2D eigenvalue weighted by Crippen LogP contribution is -2.54. The van der Waals surface area contributed by atoms with E-state index in [0.717, 1.165) is 15.4 Å². The third-order valence-corrected chi connectivity index (χ3v) is 9.58. The van der Waals surface area contributed by atoms with Gasteiger partial charge in [0.2, 0.25) is 11.8 Å². The van der Waals surface area contributed by atoms with E-state index in [-0.39, 0.29) is 29.5 Å². The van der Waals surface area contributed by atoms with Gasteiger partial charge >= 0.3 is 0 Å². The zero-order chi connectivity index (χ0) is 32.6. The fourth-order valence-electron chi connectivity index (χ4n) is 5.12. The van der Waals surface area contributed by atoms with Gasteiger partial charge in [0.1, 0.15) is 18.4 Å². The summed E-state index contributed by atoms with van der Waals surface area (Å²) in [5, 5.41) is 2.98. The van der Waals surface area contributed by atoms with Gasteiger partial charge in [0.05, 0.1) is 10.6 Å². The first-order valence-corrected chi connectivity index (χ1v) is 16.5. The number of hydrogen-bond acceptors (Lipinski definition) is 4. The molecule has 0 saturated heterocycles. The minimum atomic E-state index is -4.22. The molecule has 4 rings (SSSR count). The number of hydrogen-bond donors (Lipinski definition) is 1. The maximum Gasteiger partial charge on any atom is 0.264 e. The molecule has 4 aromatic rings. The molecule has 0 aromatic heterocycles. The standard InChI is InChI=1S/C36H40FN3O4S/c1-5-28(4)38-36(42)34(23-29-14-8-6-9-15-29)39(24-30-16-12-13-19-32(30)37)35(41)25-40(33-21-20-26(2)22-27(33)3)45(43,44)31-17-10-7-11-18-31/h6-22,28,34H,5,23-25H2,1-4H3,(H,38,42)/t28-,34-/m0/s1. The Morgan fingerprint density at radius 1 is 0.867 bits per heavy atom. The fourth-order valence-corrected chi connectivity index (χ4v) is 6.62. The number of carbonyl (C=O) groups excluding carboxylic acids is 2. The maximum atomic E-state index is 15.1. The smallest absolute Gasteiger partial charge is 0.264 e. The highest BCUT2D eigenvalue weighted by atomic mass is 32.2. The zero-order valence-corrected chi connectivity index (χ0v) is 26.9. The fraction of sp³-hybridized carbons (Fsp3) is 0.278. The molecule has 236 valence electrons. The molecule has 0 bridgehead atoms. The summed E-state index contributed by atoms with van der Waals surface area (Å²) in [6.45, 7) is 6.67. The highest BCUT2D eigenvalue weighted by Crippen LogP contribution is 2.28. The molecule has 0 fully saturated rings. The molecule has 0 unspecified atom stereocenters. The molecular formula is C36H40FN3O4S. The van der Waals surface area contributed by atoms with Crippen LogP contribution in [0.25, 0.3) is 0 Å². The van der Waals surface area contributed by atoms with Crippen LogP contribution in [0.15, 0.2) is 108 Å². The second kappa shape index (κ2) is 15.0. The Balaban J connectivity index is 1.83. The van der Waals surface area contributed by atoms with Gasteiger partial charge in [-0.15, -0.1) is 0 Å². The molecule has 0 saturated carbocycles. The van der Waals surface area contributed by atoms with E-state index in [1.54, 1.807) is 55.5 Å². The van der Waals surface area contributed by atoms with Crippen molar-refractivity contribution in [2.45, 2.75) is 64.1 Å². The molecule has 7 nitrogen and oxygen atoms in total. The number of nitrogens with zero attached hydrogens (tertiary/aromatic N) is 2. The summed E-state index contributed by atoms with van der Waals surface area (Å²) in [6.07, 6.45) is 0.819.